The number of nitrogens with zero attached hydrogens (tertiary/aromatic N) is 3. The van der Waals surface area contributed by atoms with Crippen molar-refractivity contribution in [1.82, 2.24) is 9.97 Å². The van der Waals surface area contributed by atoms with Gasteiger partial charge in [-0.05, 0) is 26.0 Å². The van der Waals surface area contributed by atoms with Gasteiger partial charge in [-0.25, -0.2) is 4.98 Å². The second-order valence-corrected chi connectivity index (χ2v) is 6.25. The van der Waals surface area contributed by atoms with E-state index in [2.05, 4.69) is 15.3 Å². The predicted molar refractivity (Wildman–Crippen MR) is 87.3 cm³/mol. The Bertz CT molecular complexity index is 846. The zero-order valence-corrected chi connectivity index (χ0v) is 12.9. The molecule has 0 amide bonds. The zero-order chi connectivity index (χ0) is 15.7. The van der Waals surface area contributed by atoms with Gasteiger partial charge in [0, 0.05) is 40.6 Å². The van der Waals surface area contributed by atoms with Crippen molar-refractivity contribution in [3.63, 3.8) is 0 Å². The first-order valence-electron chi connectivity index (χ1n) is 6.76. The quantitative estimate of drug-likeness (QED) is 0.579. The van der Waals surface area contributed by atoms with Gasteiger partial charge in [0.2, 0.25) is 0 Å². The molecule has 112 valence electrons. The Morgan fingerprint density at radius 3 is 2.77 bits per heavy atom. The van der Waals surface area contributed by atoms with Crippen LogP contribution in [0, 0.1) is 17.0 Å². The molecular weight excluding hydrogens is 300 g/mol. The van der Waals surface area contributed by atoms with Crippen LogP contribution in [0.5, 0.6) is 0 Å². The van der Waals surface area contributed by atoms with Gasteiger partial charge in [0.05, 0.1) is 16.4 Å². The van der Waals surface area contributed by atoms with E-state index < -0.39 is 0 Å². The Balaban J connectivity index is 2.01. The molecule has 0 bridgehead atoms. The third-order valence-corrected chi connectivity index (χ3v) is 4.47. The molecule has 1 aromatic carbocycles. The molecule has 1 atom stereocenters. The molecule has 0 fully saturated rings. The van der Waals surface area contributed by atoms with Crippen LogP contribution in [-0.4, -0.2) is 14.9 Å². The number of pyridine rings is 1. The van der Waals surface area contributed by atoms with Crippen molar-refractivity contribution in [1.29, 1.82) is 0 Å². The van der Waals surface area contributed by atoms with Crippen molar-refractivity contribution in [2.45, 2.75) is 19.9 Å². The van der Waals surface area contributed by atoms with Crippen molar-refractivity contribution >= 4 is 33.5 Å². The van der Waals surface area contributed by atoms with Crippen molar-refractivity contribution in [2.24, 2.45) is 0 Å². The molecule has 0 aliphatic carbocycles. The lowest BCUT2D eigenvalue weighted by molar-refractivity contribution is -0.383. The summed E-state index contributed by atoms with van der Waals surface area (Å²) in [6.07, 6.45) is 5.00. The van der Waals surface area contributed by atoms with Crippen LogP contribution < -0.4 is 5.32 Å². The maximum atomic E-state index is 11.1. The molecular formula is C15H14N4O2S. The molecule has 2 aromatic heterocycles. The highest BCUT2D eigenvalue weighted by Gasteiger charge is 2.16. The first-order valence-corrected chi connectivity index (χ1v) is 7.58. The van der Waals surface area contributed by atoms with Gasteiger partial charge >= 0.3 is 0 Å². The van der Waals surface area contributed by atoms with Gasteiger partial charge in [0.25, 0.3) is 5.69 Å². The highest BCUT2D eigenvalue weighted by atomic mass is 32.1. The predicted octanol–water partition coefficient (Wildman–Crippen LogP) is 4.08. The molecule has 6 nitrogen and oxygen atoms in total. The van der Waals surface area contributed by atoms with Crippen LogP contribution in [-0.2, 0) is 0 Å². The number of nitro groups is 1. The van der Waals surface area contributed by atoms with E-state index in [1.54, 1.807) is 29.7 Å². The lowest BCUT2D eigenvalue weighted by Gasteiger charge is -2.14. The molecule has 22 heavy (non-hydrogen) atoms. The fourth-order valence-corrected chi connectivity index (χ4v) is 3.10. The molecule has 1 unspecified atom stereocenters. The topological polar surface area (TPSA) is 81.0 Å². The molecule has 0 aliphatic rings. The van der Waals surface area contributed by atoms with Gasteiger partial charge in [-0.1, -0.05) is 0 Å². The molecule has 3 rings (SSSR count). The molecule has 7 heteroatoms. The second kappa shape index (κ2) is 5.69. The number of aromatic nitrogens is 2. The van der Waals surface area contributed by atoms with Crippen molar-refractivity contribution in [3.8, 4) is 0 Å². The molecule has 0 saturated heterocycles. The highest BCUT2D eigenvalue weighted by molar-refractivity contribution is 7.11. The standard InChI is InChI=1S/C15H14N4O2S/c1-9-7-17-15(22-9)10(2)18-13-3-4-14(19(20)21)12-8-16-6-5-11(12)13/h3-8,10,18H,1-2H3. The minimum absolute atomic E-state index is 0.0246. The molecule has 0 radical (unpaired) electrons. The van der Waals surface area contributed by atoms with E-state index in [0.717, 1.165) is 21.0 Å². The monoisotopic (exact) mass is 314 g/mol. The van der Waals surface area contributed by atoms with E-state index in [1.165, 1.54) is 12.3 Å². The van der Waals surface area contributed by atoms with Crippen LogP contribution >= 0.6 is 11.3 Å². The van der Waals surface area contributed by atoms with Crippen LogP contribution in [0.15, 0.2) is 36.8 Å². The van der Waals surface area contributed by atoms with Gasteiger partial charge in [-0.15, -0.1) is 11.3 Å². The van der Waals surface area contributed by atoms with E-state index >= 15 is 0 Å². The Morgan fingerprint density at radius 1 is 1.27 bits per heavy atom. The number of hydrogen-bond donors (Lipinski definition) is 1. The molecule has 0 saturated carbocycles. The maximum absolute atomic E-state index is 11.1. The number of benzene rings is 1. The Labute approximate surface area is 131 Å². The fraction of sp³-hybridized carbons (Fsp3) is 0.200. The van der Waals surface area contributed by atoms with E-state index in [-0.39, 0.29) is 16.7 Å². The number of fused-ring (bicyclic) bond motifs is 1. The van der Waals surface area contributed by atoms with Gasteiger partial charge < -0.3 is 5.32 Å². The number of thiazole rings is 1. The van der Waals surface area contributed by atoms with Gasteiger partial charge in [0.15, 0.2) is 0 Å². The number of nitro benzene ring substituents is 1. The number of nitrogens with one attached hydrogen (secondary N) is 1. The van der Waals surface area contributed by atoms with Crippen LogP contribution in [0.25, 0.3) is 10.8 Å². The summed E-state index contributed by atoms with van der Waals surface area (Å²) >= 11 is 1.63. The first-order chi connectivity index (χ1) is 10.6. The number of non-ortho nitro benzene ring substituents is 1. The van der Waals surface area contributed by atoms with Crippen LogP contribution in [0.2, 0.25) is 0 Å². The maximum Gasteiger partial charge on any atom is 0.278 e. The van der Waals surface area contributed by atoms with Crippen molar-refractivity contribution in [3.05, 3.63) is 56.8 Å². The summed E-state index contributed by atoms with van der Waals surface area (Å²) in [5.74, 6) is 0. The third kappa shape index (κ3) is 2.62. The summed E-state index contributed by atoms with van der Waals surface area (Å²) < 4.78 is 0. The summed E-state index contributed by atoms with van der Waals surface area (Å²) in [6.45, 7) is 4.04. The first kappa shape index (κ1) is 14.4. The van der Waals surface area contributed by atoms with Gasteiger partial charge in [-0.2, -0.15) is 0 Å². The molecule has 3 aromatic rings. The molecule has 0 aliphatic heterocycles. The Hall–Kier alpha value is -2.54. The average Bonchev–Trinajstić information content (AvgIpc) is 2.94. The summed E-state index contributed by atoms with van der Waals surface area (Å²) in [4.78, 5) is 20.3. The molecule has 0 spiro atoms. The molecule has 1 N–H and O–H groups in total. The SMILES string of the molecule is Cc1cnc(C(C)Nc2ccc([N+](=O)[O-])c3cnccc23)s1. The lowest BCUT2D eigenvalue weighted by atomic mass is 10.1. The summed E-state index contributed by atoms with van der Waals surface area (Å²) in [7, 11) is 0. The lowest BCUT2D eigenvalue weighted by Crippen LogP contribution is -2.06. The normalized spacial score (nSPS) is 12.3. The molecule has 2 heterocycles. The Morgan fingerprint density at radius 2 is 2.09 bits per heavy atom. The van der Waals surface area contributed by atoms with Crippen molar-refractivity contribution < 1.29 is 4.92 Å². The summed E-state index contributed by atoms with van der Waals surface area (Å²) in [5.41, 5.74) is 0.898. The number of anilines is 1. The van der Waals surface area contributed by atoms with E-state index in [4.69, 9.17) is 0 Å². The fourth-order valence-electron chi connectivity index (χ4n) is 2.33. The minimum atomic E-state index is -0.387. The number of hydrogen-bond acceptors (Lipinski definition) is 6. The zero-order valence-electron chi connectivity index (χ0n) is 12.1. The number of aryl methyl sites for hydroxylation is 1. The summed E-state index contributed by atoms with van der Waals surface area (Å²) in [5, 5.41) is 16.8. The third-order valence-electron chi connectivity index (χ3n) is 3.37. The minimum Gasteiger partial charge on any atom is -0.376 e. The van der Waals surface area contributed by atoms with E-state index in [1.807, 2.05) is 20.0 Å². The van der Waals surface area contributed by atoms with E-state index in [9.17, 15) is 10.1 Å². The average molecular weight is 314 g/mol. The summed E-state index contributed by atoms with van der Waals surface area (Å²) in [6, 6.07) is 5.05. The van der Waals surface area contributed by atoms with Crippen LogP contribution in [0.1, 0.15) is 22.9 Å². The largest absolute Gasteiger partial charge is 0.376 e. The van der Waals surface area contributed by atoms with Crippen LogP contribution in [0.3, 0.4) is 0 Å². The number of rotatable bonds is 4. The van der Waals surface area contributed by atoms with Crippen molar-refractivity contribution in [2.75, 3.05) is 5.32 Å². The highest BCUT2D eigenvalue weighted by Crippen LogP contribution is 2.33. The van der Waals surface area contributed by atoms with Gasteiger partial charge in [-0.3, -0.25) is 15.1 Å². The van der Waals surface area contributed by atoms with Crippen LogP contribution in [0.4, 0.5) is 11.4 Å². The Kier molecular flexibility index (Phi) is 3.72. The smallest absolute Gasteiger partial charge is 0.278 e. The van der Waals surface area contributed by atoms with E-state index in [0.29, 0.717) is 5.39 Å². The second-order valence-electron chi connectivity index (χ2n) is 4.99. The van der Waals surface area contributed by atoms with Gasteiger partial charge in [0.1, 0.15) is 5.01 Å².